The van der Waals surface area contributed by atoms with Crippen LogP contribution >= 0.6 is 0 Å². The van der Waals surface area contributed by atoms with Gasteiger partial charge in [-0.3, -0.25) is 4.79 Å². The fraction of sp³-hybridized carbons (Fsp3) is 0.517. The van der Waals surface area contributed by atoms with E-state index in [1.165, 1.54) is 17.7 Å². The van der Waals surface area contributed by atoms with Crippen LogP contribution in [0.1, 0.15) is 63.1 Å². The standard InChI is InChI=1S/C29H31F4N3O/c1-28-15-18-16-34-36(21-9-7-20(30)8-10-21)25(18)14-19(28)6-11-22-23(28)12-13-24(29(31,32)33)26(22)35-27(37)17-4-2-3-5-17/h7-10,12,14,16-17,22,24,26H,2-6,11,13,15H2,1H3,(H,35,37)/t22-,24+,26+,28-/m0/s1. The Bertz CT molecular complexity index is 1270. The molecule has 1 aromatic heterocycles. The molecule has 196 valence electrons. The van der Waals surface area contributed by atoms with Crippen molar-refractivity contribution in [3.05, 3.63) is 64.8 Å². The molecule has 1 amide bonds. The number of aromatic nitrogens is 2. The van der Waals surface area contributed by atoms with Crippen LogP contribution < -0.4 is 5.32 Å². The Hall–Kier alpha value is -2.90. The number of fused-ring (bicyclic) bond motifs is 4. The lowest BCUT2D eigenvalue weighted by molar-refractivity contribution is -0.187. The molecule has 1 N–H and O–H groups in total. The largest absolute Gasteiger partial charge is 0.394 e. The maximum atomic E-state index is 14.2. The molecule has 0 aliphatic heterocycles. The number of carbonyl (C=O) groups excluding carboxylic acids is 1. The van der Waals surface area contributed by atoms with Gasteiger partial charge in [0.25, 0.3) is 0 Å². The summed E-state index contributed by atoms with van der Waals surface area (Å²) in [4.78, 5) is 13.0. The molecule has 1 aromatic carbocycles. The Morgan fingerprint density at radius 1 is 1.14 bits per heavy atom. The summed E-state index contributed by atoms with van der Waals surface area (Å²) in [6, 6.07) is 5.24. The van der Waals surface area contributed by atoms with Crippen LogP contribution in [0, 0.1) is 29.0 Å². The van der Waals surface area contributed by atoms with Crippen molar-refractivity contribution in [3.63, 3.8) is 0 Å². The van der Waals surface area contributed by atoms with Crippen molar-refractivity contribution < 1.29 is 22.4 Å². The second-order valence-electron chi connectivity index (χ2n) is 11.3. The van der Waals surface area contributed by atoms with Crippen LogP contribution in [0.3, 0.4) is 0 Å². The molecule has 2 aromatic rings. The van der Waals surface area contributed by atoms with Crippen molar-refractivity contribution in [3.8, 4) is 5.69 Å². The predicted molar refractivity (Wildman–Crippen MR) is 132 cm³/mol. The van der Waals surface area contributed by atoms with Crippen LogP contribution in [0.25, 0.3) is 11.8 Å². The second-order valence-corrected chi connectivity index (χ2v) is 11.3. The van der Waals surface area contributed by atoms with Crippen molar-refractivity contribution in [1.29, 1.82) is 0 Å². The molecule has 4 aliphatic rings. The Balaban J connectivity index is 1.34. The summed E-state index contributed by atoms with van der Waals surface area (Å²) in [5.41, 5.74) is 4.49. The average Bonchev–Trinajstić information content (AvgIpc) is 3.53. The van der Waals surface area contributed by atoms with Gasteiger partial charge < -0.3 is 5.32 Å². The number of halogens is 4. The third-order valence-electron chi connectivity index (χ3n) is 9.20. The molecule has 0 bridgehead atoms. The first kappa shape index (κ1) is 24.4. The molecule has 0 spiro atoms. The zero-order valence-electron chi connectivity index (χ0n) is 20.8. The highest BCUT2D eigenvalue weighted by molar-refractivity contribution is 5.79. The Morgan fingerprint density at radius 3 is 2.57 bits per heavy atom. The SMILES string of the molecule is C[C@]12Cc3cnn(-c4ccc(F)cc4)c3C=C1CC[C@H]1C2=CC[C@@H](C(F)(F)F)[C@@H]1NC(=O)C1CCCC1. The third-order valence-corrected chi connectivity index (χ3v) is 9.20. The number of carbonyl (C=O) groups is 1. The van der Waals surface area contributed by atoms with Gasteiger partial charge in [0.05, 0.1) is 23.5 Å². The summed E-state index contributed by atoms with van der Waals surface area (Å²) in [7, 11) is 0. The molecule has 0 saturated heterocycles. The minimum Gasteiger partial charge on any atom is -0.352 e. The van der Waals surface area contributed by atoms with Crippen LogP contribution in [0.2, 0.25) is 0 Å². The first-order valence-corrected chi connectivity index (χ1v) is 13.3. The van der Waals surface area contributed by atoms with E-state index < -0.39 is 23.6 Å². The van der Waals surface area contributed by atoms with Gasteiger partial charge in [-0.25, -0.2) is 9.07 Å². The van der Waals surface area contributed by atoms with E-state index in [9.17, 15) is 22.4 Å². The van der Waals surface area contributed by atoms with Gasteiger partial charge in [-0.15, -0.1) is 0 Å². The summed E-state index contributed by atoms with van der Waals surface area (Å²) in [6.45, 7) is 2.12. The number of alkyl halides is 3. The van der Waals surface area contributed by atoms with Gasteiger partial charge in [0, 0.05) is 23.3 Å². The first-order valence-electron chi connectivity index (χ1n) is 13.3. The van der Waals surface area contributed by atoms with E-state index in [2.05, 4.69) is 23.4 Å². The van der Waals surface area contributed by atoms with Gasteiger partial charge >= 0.3 is 6.18 Å². The average molecular weight is 514 g/mol. The van der Waals surface area contributed by atoms with E-state index in [0.29, 0.717) is 19.3 Å². The Labute approximate surface area is 213 Å². The summed E-state index contributed by atoms with van der Waals surface area (Å²) in [6.07, 6.45) is 6.54. The zero-order chi connectivity index (χ0) is 25.9. The maximum absolute atomic E-state index is 14.2. The number of benzene rings is 1. The van der Waals surface area contributed by atoms with E-state index >= 15 is 0 Å². The molecule has 2 saturated carbocycles. The molecule has 0 radical (unpaired) electrons. The second kappa shape index (κ2) is 8.84. The van der Waals surface area contributed by atoms with Crippen LogP contribution in [0.5, 0.6) is 0 Å². The summed E-state index contributed by atoms with van der Waals surface area (Å²) in [5, 5.41) is 7.47. The highest BCUT2D eigenvalue weighted by atomic mass is 19.4. The molecule has 4 aliphatic carbocycles. The third kappa shape index (κ3) is 4.12. The molecule has 2 fully saturated rings. The van der Waals surface area contributed by atoms with Crippen LogP contribution in [-0.2, 0) is 11.2 Å². The quantitative estimate of drug-likeness (QED) is 0.374. The van der Waals surface area contributed by atoms with Gasteiger partial charge in [0.1, 0.15) is 5.82 Å². The lowest BCUT2D eigenvalue weighted by Gasteiger charge is -2.51. The van der Waals surface area contributed by atoms with Crippen molar-refractivity contribution in [2.24, 2.45) is 23.2 Å². The molecule has 4 atom stereocenters. The lowest BCUT2D eigenvalue weighted by Crippen LogP contribution is -2.56. The molecule has 37 heavy (non-hydrogen) atoms. The topological polar surface area (TPSA) is 46.9 Å². The van der Waals surface area contributed by atoms with Crippen molar-refractivity contribution in [2.45, 2.75) is 70.5 Å². The lowest BCUT2D eigenvalue weighted by atomic mass is 9.55. The van der Waals surface area contributed by atoms with Gasteiger partial charge in [0.2, 0.25) is 5.91 Å². The molecule has 4 nitrogen and oxygen atoms in total. The maximum Gasteiger partial charge on any atom is 0.394 e. The van der Waals surface area contributed by atoms with Gasteiger partial charge in [-0.05, 0) is 74.4 Å². The number of hydrogen-bond acceptors (Lipinski definition) is 2. The summed E-state index contributed by atoms with van der Waals surface area (Å²) >= 11 is 0. The number of hydrogen-bond donors (Lipinski definition) is 1. The normalized spacial score (nSPS) is 29.6. The molecule has 1 heterocycles. The number of allylic oxidation sites excluding steroid dienone is 2. The van der Waals surface area contributed by atoms with E-state index in [1.54, 1.807) is 16.8 Å². The molecule has 6 rings (SSSR count). The molecule has 8 heteroatoms. The van der Waals surface area contributed by atoms with Crippen molar-refractivity contribution >= 4 is 12.0 Å². The predicted octanol–water partition coefficient (Wildman–Crippen LogP) is 6.55. The molecular weight excluding hydrogens is 482 g/mol. The zero-order valence-corrected chi connectivity index (χ0v) is 20.8. The highest BCUT2D eigenvalue weighted by Gasteiger charge is 2.55. The number of rotatable bonds is 3. The van der Waals surface area contributed by atoms with Crippen molar-refractivity contribution in [1.82, 2.24) is 15.1 Å². The first-order chi connectivity index (χ1) is 17.6. The van der Waals surface area contributed by atoms with Crippen LogP contribution in [-0.4, -0.2) is 27.9 Å². The number of nitrogens with one attached hydrogen (secondary N) is 1. The Kier molecular flexibility index (Phi) is 5.84. The smallest absolute Gasteiger partial charge is 0.352 e. The monoisotopic (exact) mass is 513 g/mol. The van der Waals surface area contributed by atoms with E-state index in [-0.39, 0.29) is 30.0 Å². The molecule has 0 unspecified atom stereocenters. The van der Waals surface area contributed by atoms with Gasteiger partial charge in [0.15, 0.2) is 0 Å². The van der Waals surface area contributed by atoms with E-state index in [0.717, 1.165) is 48.2 Å². The number of amides is 1. The summed E-state index contributed by atoms with van der Waals surface area (Å²) in [5.74, 6) is -2.61. The fourth-order valence-electron chi connectivity index (χ4n) is 7.24. The van der Waals surface area contributed by atoms with E-state index in [4.69, 9.17) is 0 Å². The summed E-state index contributed by atoms with van der Waals surface area (Å²) < 4.78 is 57.7. The van der Waals surface area contributed by atoms with Gasteiger partial charge in [-0.2, -0.15) is 18.3 Å². The van der Waals surface area contributed by atoms with Gasteiger partial charge in [-0.1, -0.05) is 37.0 Å². The minimum absolute atomic E-state index is 0.116. The fourth-order valence-corrected chi connectivity index (χ4v) is 7.24. The van der Waals surface area contributed by atoms with E-state index in [1.807, 2.05) is 12.3 Å². The minimum atomic E-state index is -4.37. The molecular formula is C29H31F4N3O. The number of nitrogens with zero attached hydrogens (tertiary/aromatic N) is 2. The van der Waals surface area contributed by atoms with Crippen LogP contribution in [0.15, 0.2) is 47.7 Å². The van der Waals surface area contributed by atoms with Crippen molar-refractivity contribution in [2.75, 3.05) is 0 Å². The van der Waals surface area contributed by atoms with Crippen LogP contribution in [0.4, 0.5) is 17.6 Å². The Morgan fingerprint density at radius 2 is 1.86 bits per heavy atom. The highest BCUT2D eigenvalue weighted by Crippen LogP contribution is 2.57.